The first-order valence-corrected chi connectivity index (χ1v) is 11.5. The summed E-state index contributed by atoms with van der Waals surface area (Å²) >= 11 is 0. The number of carbonyl (C=O) groups is 1. The number of aliphatic hydroxyl groups is 1. The van der Waals surface area contributed by atoms with Crippen LogP contribution in [0.2, 0.25) is 0 Å². The Morgan fingerprint density at radius 1 is 1.16 bits per heavy atom. The molecule has 3 N–H and O–H groups in total. The molecule has 1 atom stereocenters. The lowest BCUT2D eigenvalue weighted by atomic mass is 9.95. The van der Waals surface area contributed by atoms with Crippen molar-refractivity contribution in [3.8, 4) is 11.3 Å². The highest BCUT2D eigenvalue weighted by molar-refractivity contribution is 7.59. The van der Waals surface area contributed by atoms with E-state index in [4.69, 9.17) is 4.74 Å². The molecule has 0 radical (unpaired) electrons. The number of hydrogen-bond donors (Lipinski definition) is 3. The molecule has 4 heterocycles. The monoisotopic (exact) mass is 522 g/mol. The summed E-state index contributed by atoms with van der Waals surface area (Å²) in [4.78, 5) is 29.7. The van der Waals surface area contributed by atoms with Crippen molar-refractivity contribution in [2.24, 2.45) is 0 Å². The summed E-state index contributed by atoms with van der Waals surface area (Å²) in [6, 6.07) is 10.0. The Labute approximate surface area is 220 Å². The zero-order valence-corrected chi connectivity index (χ0v) is 21.3. The zero-order valence-electron chi connectivity index (χ0n) is 20.3. The number of carbonyl (C=O) groups excluding carboxylic acids is 1. The van der Waals surface area contributed by atoms with Crippen molar-refractivity contribution < 1.29 is 19.0 Å². The summed E-state index contributed by atoms with van der Waals surface area (Å²) in [5.41, 5.74) is 2.54. The van der Waals surface area contributed by atoms with E-state index < -0.39 is 11.4 Å². The number of nitrogens with one attached hydrogen (secondary N) is 2. The summed E-state index contributed by atoms with van der Waals surface area (Å²) in [6.07, 6.45) is 4.65. The van der Waals surface area contributed by atoms with Gasteiger partial charge in [-0.15, -0.1) is 0 Å². The van der Waals surface area contributed by atoms with Crippen LogP contribution in [0.15, 0.2) is 55.1 Å². The molecule has 1 amide bonds. The van der Waals surface area contributed by atoms with Gasteiger partial charge in [-0.05, 0) is 29.8 Å². The third kappa shape index (κ3) is 5.10. The first-order chi connectivity index (χ1) is 17.4. The number of nitrogens with zero attached hydrogens (tertiary/aromatic N) is 4. The number of aromatic nitrogens is 4. The average molecular weight is 523 g/mol. The predicted molar refractivity (Wildman–Crippen MR) is 142 cm³/mol. The molecule has 0 unspecified atom stereocenters. The van der Waals surface area contributed by atoms with Crippen LogP contribution in [0.25, 0.3) is 22.2 Å². The smallest absolute Gasteiger partial charge is 0.251 e. The molecule has 3 aromatic heterocycles. The largest absolute Gasteiger partial charge is 0.379 e. The van der Waals surface area contributed by atoms with E-state index in [-0.39, 0.29) is 49.5 Å². The highest BCUT2D eigenvalue weighted by Gasteiger charge is 2.39. The normalized spacial score (nSPS) is 14.8. The van der Waals surface area contributed by atoms with Gasteiger partial charge in [-0.2, -0.15) is 13.5 Å². The molecule has 1 aliphatic rings. The van der Waals surface area contributed by atoms with E-state index in [0.717, 1.165) is 11.1 Å². The Balaban J connectivity index is 0.00000320. The van der Waals surface area contributed by atoms with Crippen LogP contribution in [0, 0.1) is 5.82 Å². The third-order valence-corrected chi connectivity index (χ3v) is 6.35. The molecule has 0 aliphatic carbocycles. The summed E-state index contributed by atoms with van der Waals surface area (Å²) in [7, 11) is 1.51. The number of anilines is 1. The van der Waals surface area contributed by atoms with Gasteiger partial charge in [-0.25, -0.2) is 14.4 Å². The van der Waals surface area contributed by atoms with E-state index in [1.54, 1.807) is 18.3 Å². The second kappa shape index (κ2) is 10.8. The van der Waals surface area contributed by atoms with E-state index in [1.165, 1.54) is 31.7 Å². The molecule has 0 saturated carbocycles. The molecule has 1 aromatic carbocycles. The fraction of sp³-hybridized carbons (Fsp3) is 0.269. The minimum absolute atomic E-state index is 0. The van der Waals surface area contributed by atoms with Crippen LogP contribution in [0.4, 0.5) is 10.2 Å². The maximum Gasteiger partial charge on any atom is 0.251 e. The number of hydrogen-bond acceptors (Lipinski definition) is 8. The Morgan fingerprint density at radius 3 is 2.65 bits per heavy atom. The van der Waals surface area contributed by atoms with Crippen molar-refractivity contribution in [2.75, 3.05) is 32.1 Å². The van der Waals surface area contributed by atoms with Crippen LogP contribution in [0.1, 0.15) is 34.5 Å². The lowest BCUT2D eigenvalue weighted by molar-refractivity contribution is -0.186. The lowest BCUT2D eigenvalue weighted by Crippen LogP contribution is -2.47. The maximum absolute atomic E-state index is 14.7. The number of ether oxygens (including phenoxy) is 1. The number of rotatable bonds is 7. The molecule has 4 aromatic rings. The molecule has 1 aliphatic heterocycles. The number of amides is 1. The zero-order chi connectivity index (χ0) is 25.3. The molecule has 192 valence electrons. The summed E-state index contributed by atoms with van der Waals surface area (Å²) in [6.45, 7) is 2.97. The summed E-state index contributed by atoms with van der Waals surface area (Å²) < 4.78 is 19.8. The molecule has 37 heavy (non-hydrogen) atoms. The van der Waals surface area contributed by atoms with Gasteiger partial charge in [0.1, 0.15) is 18.0 Å². The van der Waals surface area contributed by atoms with Gasteiger partial charge in [0, 0.05) is 48.9 Å². The van der Waals surface area contributed by atoms with E-state index in [1.807, 2.05) is 19.1 Å². The first-order valence-electron chi connectivity index (χ1n) is 11.5. The second-order valence-electron chi connectivity index (χ2n) is 8.82. The number of fused-ring (bicyclic) bond motifs is 1. The number of halogens is 1. The van der Waals surface area contributed by atoms with E-state index in [0.29, 0.717) is 29.3 Å². The minimum Gasteiger partial charge on any atom is -0.379 e. The van der Waals surface area contributed by atoms with Gasteiger partial charge >= 0.3 is 0 Å². The van der Waals surface area contributed by atoms with E-state index in [2.05, 4.69) is 30.6 Å². The van der Waals surface area contributed by atoms with Gasteiger partial charge < -0.3 is 20.5 Å². The lowest BCUT2D eigenvalue weighted by Gasteiger charge is -2.35. The second-order valence-corrected chi connectivity index (χ2v) is 8.82. The van der Waals surface area contributed by atoms with Crippen LogP contribution < -0.4 is 10.6 Å². The number of pyridine rings is 2. The van der Waals surface area contributed by atoms with Crippen molar-refractivity contribution in [3.05, 3.63) is 77.8 Å². The van der Waals surface area contributed by atoms with Gasteiger partial charge in [0.15, 0.2) is 5.60 Å². The van der Waals surface area contributed by atoms with Crippen molar-refractivity contribution in [3.63, 3.8) is 0 Å². The summed E-state index contributed by atoms with van der Waals surface area (Å²) in [5.74, 6) is -0.300. The SMILES string of the molecule is CNC(=O)c1ccnc2c([C@H](C)CNc3cc(-c4ccc(C5(O)COC5)nc4)ncn3)ccc(F)c12.S. The molecule has 1 saturated heterocycles. The first kappa shape index (κ1) is 26.4. The minimum atomic E-state index is -1.02. The van der Waals surface area contributed by atoms with Gasteiger partial charge in [-0.3, -0.25) is 14.8 Å². The molecular weight excluding hydrogens is 495 g/mol. The van der Waals surface area contributed by atoms with Crippen molar-refractivity contribution in [2.45, 2.75) is 18.4 Å². The average Bonchev–Trinajstić information content (AvgIpc) is 2.90. The van der Waals surface area contributed by atoms with Gasteiger partial charge in [0.05, 0.1) is 35.7 Å². The van der Waals surface area contributed by atoms with Crippen LogP contribution in [-0.4, -0.2) is 57.8 Å². The molecule has 11 heteroatoms. The fourth-order valence-corrected chi connectivity index (χ4v) is 4.21. The molecule has 1 fully saturated rings. The standard InChI is InChI=1S/C26H25FN6O3.H2S/c1-15(17-4-5-19(27)23-18(25(34)28-2)7-8-29-24(17)23)10-31-22-9-20(32-14-33-22)16-3-6-21(30-11-16)26(35)12-36-13-26;/h3-9,11,14-15,35H,10,12-13H2,1-2H3,(H,28,34)(H,31,32,33);1H2/t15-;/m1./s1. The van der Waals surface area contributed by atoms with Crippen molar-refractivity contribution in [1.29, 1.82) is 0 Å². The molecule has 5 rings (SSSR count). The highest BCUT2D eigenvalue weighted by atomic mass is 32.1. The predicted octanol–water partition coefficient (Wildman–Crippen LogP) is 3.13. The third-order valence-electron chi connectivity index (χ3n) is 6.35. The van der Waals surface area contributed by atoms with Crippen LogP contribution in [0.5, 0.6) is 0 Å². The molecule has 0 bridgehead atoms. The van der Waals surface area contributed by atoms with Gasteiger partial charge in [0.25, 0.3) is 5.91 Å². The molecule has 9 nitrogen and oxygen atoms in total. The Kier molecular flexibility index (Phi) is 7.67. The Morgan fingerprint density at radius 2 is 1.97 bits per heavy atom. The topological polar surface area (TPSA) is 122 Å². The molecule has 0 spiro atoms. The van der Waals surface area contributed by atoms with E-state index in [9.17, 15) is 14.3 Å². The van der Waals surface area contributed by atoms with E-state index >= 15 is 0 Å². The summed E-state index contributed by atoms with van der Waals surface area (Å²) in [5, 5.41) is 16.4. The van der Waals surface area contributed by atoms with Crippen molar-refractivity contribution >= 4 is 36.1 Å². The van der Waals surface area contributed by atoms with Gasteiger partial charge in [0.2, 0.25) is 0 Å². The van der Waals surface area contributed by atoms with Gasteiger partial charge in [-0.1, -0.05) is 13.0 Å². The van der Waals surface area contributed by atoms with Crippen LogP contribution in [0.3, 0.4) is 0 Å². The highest BCUT2D eigenvalue weighted by Crippen LogP contribution is 2.30. The fourth-order valence-electron chi connectivity index (χ4n) is 4.21. The number of benzene rings is 1. The van der Waals surface area contributed by atoms with Crippen LogP contribution >= 0.6 is 13.5 Å². The maximum atomic E-state index is 14.7. The Hall–Kier alpha value is -3.67. The molecular formula is C26H27FN6O3S. The quantitative estimate of drug-likeness (QED) is 0.338. The van der Waals surface area contributed by atoms with Crippen molar-refractivity contribution in [1.82, 2.24) is 25.3 Å². The Bertz CT molecular complexity index is 1430. The van der Waals surface area contributed by atoms with Crippen LogP contribution in [-0.2, 0) is 10.3 Å².